The first kappa shape index (κ1) is 13.5. The first-order valence-corrected chi connectivity index (χ1v) is 6.90. The molecule has 1 aromatic rings. The minimum absolute atomic E-state index is 0.0220. The van der Waals surface area contributed by atoms with Gasteiger partial charge in [0.05, 0.1) is 19.3 Å². The lowest BCUT2D eigenvalue weighted by atomic mass is 9.84. The molecule has 2 aliphatic rings. The van der Waals surface area contributed by atoms with Gasteiger partial charge in [0.15, 0.2) is 0 Å². The third kappa shape index (κ3) is 2.43. The summed E-state index contributed by atoms with van der Waals surface area (Å²) in [5.41, 5.74) is 0.984. The van der Waals surface area contributed by atoms with E-state index in [1.54, 1.807) is 12.1 Å². The van der Waals surface area contributed by atoms with Crippen molar-refractivity contribution in [2.24, 2.45) is 5.92 Å². The van der Waals surface area contributed by atoms with Crippen LogP contribution < -0.4 is 5.32 Å². The molecule has 0 radical (unpaired) electrons. The summed E-state index contributed by atoms with van der Waals surface area (Å²) in [6.45, 7) is 0.588. The minimum Gasteiger partial charge on any atom is -0.469 e. The maximum absolute atomic E-state index is 12.9. The zero-order chi connectivity index (χ0) is 14.1. The number of benzene rings is 1. The van der Waals surface area contributed by atoms with Crippen molar-refractivity contribution in [1.82, 2.24) is 5.32 Å². The van der Waals surface area contributed by atoms with Gasteiger partial charge in [0, 0.05) is 12.6 Å². The fraction of sp³-hybridized carbons (Fsp3) is 0.533. The van der Waals surface area contributed by atoms with E-state index in [1.165, 1.54) is 19.2 Å². The third-order valence-corrected chi connectivity index (χ3v) is 4.20. The number of hydrogen-bond acceptors (Lipinski definition) is 4. The lowest BCUT2D eigenvalue weighted by Gasteiger charge is -2.26. The van der Waals surface area contributed by atoms with Crippen LogP contribution in [0.5, 0.6) is 0 Å². The monoisotopic (exact) mass is 279 g/mol. The summed E-state index contributed by atoms with van der Waals surface area (Å²) < 4.78 is 23.5. The zero-order valence-electron chi connectivity index (χ0n) is 11.3. The van der Waals surface area contributed by atoms with Gasteiger partial charge < -0.3 is 14.8 Å². The van der Waals surface area contributed by atoms with Gasteiger partial charge in [-0.3, -0.25) is 4.79 Å². The molecule has 20 heavy (non-hydrogen) atoms. The maximum atomic E-state index is 12.9. The number of hydrogen-bond donors (Lipinski definition) is 1. The zero-order valence-corrected chi connectivity index (χ0v) is 11.3. The summed E-state index contributed by atoms with van der Waals surface area (Å²) in [4.78, 5) is 11.9. The summed E-state index contributed by atoms with van der Waals surface area (Å²) >= 11 is 0. The van der Waals surface area contributed by atoms with E-state index >= 15 is 0 Å². The van der Waals surface area contributed by atoms with E-state index in [2.05, 4.69) is 5.32 Å². The second kappa shape index (κ2) is 5.50. The molecule has 0 amide bonds. The highest BCUT2D eigenvalue weighted by Crippen LogP contribution is 2.39. The third-order valence-electron chi connectivity index (χ3n) is 4.20. The van der Waals surface area contributed by atoms with Crippen LogP contribution in [0.2, 0.25) is 0 Å². The standard InChI is InChI=1S/C15H18FNO3/c1-19-15(18)13-11-6-7-12(20-11)14(13)17-8-9-2-4-10(16)5-3-9/h2-5,11-14,17H,6-8H2,1H3/t11-,12?,13?,14+/m1/s1. The van der Waals surface area contributed by atoms with E-state index < -0.39 is 0 Å². The van der Waals surface area contributed by atoms with Gasteiger partial charge in [-0.2, -0.15) is 0 Å². The number of methoxy groups -OCH3 is 1. The van der Waals surface area contributed by atoms with E-state index in [0.29, 0.717) is 6.54 Å². The highest BCUT2D eigenvalue weighted by molar-refractivity contribution is 5.74. The lowest BCUT2D eigenvalue weighted by molar-refractivity contribution is -0.147. The fourth-order valence-electron chi connectivity index (χ4n) is 3.21. The van der Waals surface area contributed by atoms with Gasteiger partial charge in [-0.15, -0.1) is 0 Å². The summed E-state index contributed by atoms with van der Waals surface area (Å²) in [6.07, 6.45) is 1.93. The molecule has 1 aromatic carbocycles. The van der Waals surface area contributed by atoms with Gasteiger partial charge in [0.25, 0.3) is 0 Å². The average Bonchev–Trinajstić information content (AvgIpc) is 3.06. The van der Waals surface area contributed by atoms with Gasteiger partial charge in [-0.05, 0) is 30.5 Å². The Hall–Kier alpha value is -1.46. The molecular formula is C15H18FNO3. The second-order valence-corrected chi connectivity index (χ2v) is 5.37. The predicted octanol–water partition coefficient (Wildman–Crippen LogP) is 1.63. The number of fused-ring (bicyclic) bond motifs is 2. The Morgan fingerprint density at radius 3 is 2.75 bits per heavy atom. The summed E-state index contributed by atoms with van der Waals surface area (Å²) in [5, 5.41) is 3.37. The highest BCUT2D eigenvalue weighted by Gasteiger charge is 2.52. The minimum atomic E-state index is -0.246. The topological polar surface area (TPSA) is 47.6 Å². The van der Waals surface area contributed by atoms with Crippen LogP contribution in [0.4, 0.5) is 4.39 Å². The first-order valence-electron chi connectivity index (χ1n) is 6.90. The van der Waals surface area contributed by atoms with Crippen molar-refractivity contribution in [3.63, 3.8) is 0 Å². The molecule has 2 aliphatic heterocycles. The number of ether oxygens (including phenoxy) is 2. The largest absolute Gasteiger partial charge is 0.469 e. The average molecular weight is 279 g/mol. The van der Waals surface area contributed by atoms with E-state index in [-0.39, 0.29) is 36.0 Å². The number of esters is 1. The molecule has 0 aliphatic carbocycles. The first-order chi connectivity index (χ1) is 9.69. The fourth-order valence-corrected chi connectivity index (χ4v) is 3.21. The number of nitrogens with one attached hydrogen (secondary N) is 1. The number of halogens is 1. The molecule has 0 spiro atoms. The highest BCUT2D eigenvalue weighted by atomic mass is 19.1. The Kier molecular flexibility index (Phi) is 3.72. The Balaban J connectivity index is 1.66. The van der Waals surface area contributed by atoms with Crippen LogP contribution in [0.1, 0.15) is 18.4 Å². The van der Waals surface area contributed by atoms with Crippen LogP contribution in [0.25, 0.3) is 0 Å². The van der Waals surface area contributed by atoms with Crippen LogP contribution in [0, 0.1) is 11.7 Å². The Morgan fingerprint density at radius 2 is 2.05 bits per heavy atom. The second-order valence-electron chi connectivity index (χ2n) is 5.37. The predicted molar refractivity (Wildman–Crippen MR) is 70.4 cm³/mol. The van der Waals surface area contributed by atoms with Crippen LogP contribution in [0.3, 0.4) is 0 Å². The van der Waals surface area contributed by atoms with Gasteiger partial charge in [-0.1, -0.05) is 12.1 Å². The molecule has 0 aromatic heterocycles. The normalized spacial score (nSPS) is 31.5. The van der Waals surface area contributed by atoms with Crippen LogP contribution in [-0.2, 0) is 20.8 Å². The van der Waals surface area contributed by atoms with Gasteiger partial charge >= 0.3 is 5.97 Å². The Bertz CT molecular complexity index is 490. The summed E-state index contributed by atoms with van der Waals surface area (Å²) in [7, 11) is 1.41. The molecule has 4 atom stereocenters. The SMILES string of the molecule is COC(=O)C1[C@@H](NCc2ccc(F)cc2)C2CC[C@H]1O2. The molecular weight excluding hydrogens is 261 g/mol. The summed E-state index contributed by atoms with van der Waals surface area (Å²) in [5.74, 6) is -0.697. The van der Waals surface area contributed by atoms with Gasteiger partial charge in [0.2, 0.25) is 0 Å². The molecule has 2 saturated heterocycles. The van der Waals surface area contributed by atoms with Gasteiger partial charge in [0.1, 0.15) is 11.7 Å². The van der Waals surface area contributed by atoms with Crippen molar-refractivity contribution in [3.8, 4) is 0 Å². The van der Waals surface area contributed by atoms with Crippen molar-refractivity contribution in [3.05, 3.63) is 35.6 Å². The van der Waals surface area contributed by atoms with Crippen molar-refractivity contribution >= 4 is 5.97 Å². The van der Waals surface area contributed by atoms with Crippen molar-refractivity contribution in [2.45, 2.75) is 37.6 Å². The molecule has 5 heteroatoms. The van der Waals surface area contributed by atoms with Gasteiger partial charge in [-0.25, -0.2) is 4.39 Å². The number of rotatable bonds is 4. The van der Waals surface area contributed by atoms with E-state index in [9.17, 15) is 9.18 Å². The molecule has 2 fully saturated rings. The Morgan fingerprint density at radius 1 is 1.35 bits per heavy atom. The Labute approximate surface area is 117 Å². The van der Waals surface area contributed by atoms with Crippen molar-refractivity contribution in [2.75, 3.05) is 7.11 Å². The van der Waals surface area contributed by atoms with Crippen molar-refractivity contribution in [1.29, 1.82) is 0 Å². The smallest absolute Gasteiger partial charge is 0.313 e. The van der Waals surface area contributed by atoms with Crippen molar-refractivity contribution < 1.29 is 18.7 Å². The molecule has 2 heterocycles. The van der Waals surface area contributed by atoms with Crippen LogP contribution in [0.15, 0.2) is 24.3 Å². The van der Waals surface area contributed by atoms with Crippen LogP contribution in [-0.4, -0.2) is 31.3 Å². The molecule has 2 bridgehead atoms. The van der Waals surface area contributed by atoms with E-state index in [0.717, 1.165) is 18.4 Å². The quantitative estimate of drug-likeness (QED) is 0.851. The molecule has 3 rings (SSSR count). The maximum Gasteiger partial charge on any atom is 0.313 e. The molecule has 2 unspecified atom stereocenters. The number of carbonyl (C=O) groups excluding carboxylic acids is 1. The lowest BCUT2D eigenvalue weighted by Crippen LogP contribution is -2.47. The molecule has 4 nitrogen and oxygen atoms in total. The van der Waals surface area contributed by atoms with E-state index in [4.69, 9.17) is 9.47 Å². The van der Waals surface area contributed by atoms with Crippen LogP contribution >= 0.6 is 0 Å². The summed E-state index contributed by atoms with van der Waals surface area (Å²) in [6, 6.07) is 6.33. The number of carbonyl (C=O) groups is 1. The van der Waals surface area contributed by atoms with E-state index in [1.807, 2.05) is 0 Å². The molecule has 1 N–H and O–H groups in total. The molecule has 108 valence electrons. The molecule has 0 saturated carbocycles.